The number of piperidine rings is 1. The number of nitriles is 1. The third-order valence-electron chi connectivity index (χ3n) is 5.73. The molecule has 7 nitrogen and oxygen atoms in total. The molecule has 0 atom stereocenters. The van der Waals surface area contributed by atoms with Gasteiger partial charge in [0.15, 0.2) is 11.6 Å². The Morgan fingerprint density at radius 1 is 1.15 bits per heavy atom. The number of halogens is 2. The molecule has 1 aliphatic rings. The van der Waals surface area contributed by atoms with Crippen molar-refractivity contribution in [2.45, 2.75) is 18.9 Å². The number of hydrogen-bond donors (Lipinski definition) is 1. The van der Waals surface area contributed by atoms with Gasteiger partial charge >= 0.3 is 0 Å². The highest BCUT2D eigenvalue weighted by molar-refractivity contribution is 6.05. The first kappa shape index (κ1) is 23.0. The minimum absolute atomic E-state index is 0.0115. The Kier molecular flexibility index (Phi) is 6.59. The number of amides is 1. The van der Waals surface area contributed by atoms with Crippen LogP contribution in [0.1, 0.15) is 28.8 Å². The third-order valence-corrected chi connectivity index (χ3v) is 5.73. The van der Waals surface area contributed by atoms with Crippen LogP contribution in [0.3, 0.4) is 0 Å². The molecular formula is C25H22F2N4O3. The topological polar surface area (TPSA) is 87.4 Å². The predicted molar refractivity (Wildman–Crippen MR) is 123 cm³/mol. The second kappa shape index (κ2) is 9.75. The first-order valence-electron chi connectivity index (χ1n) is 10.7. The lowest BCUT2D eigenvalue weighted by molar-refractivity contribution is 0.102. The number of ether oxygens (including phenoxy) is 1. The summed E-state index contributed by atoms with van der Waals surface area (Å²) in [5, 5.41) is 12.1. The van der Waals surface area contributed by atoms with Crippen LogP contribution >= 0.6 is 0 Å². The van der Waals surface area contributed by atoms with E-state index < -0.39 is 23.1 Å². The summed E-state index contributed by atoms with van der Waals surface area (Å²) in [7, 11) is 1.56. The molecule has 0 spiro atoms. The number of nitrogens with zero attached hydrogens (tertiary/aromatic N) is 3. The van der Waals surface area contributed by atoms with Gasteiger partial charge in [-0.1, -0.05) is 6.07 Å². The van der Waals surface area contributed by atoms with Crippen molar-refractivity contribution in [3.63, 3.8) is 0 Å². The van der Waals surface area contributed by atoms with Gasteiger partial charge in [-0.2, -0.15) is 9.65 Å². The number of pyridine rings is 1. The molecule has 1 aliphatic heterocycles. The molecule has 2 heterocycles. The Morgan fingerprint density at radius 3 is 2.65 bits per heavy atom. The zero-order valence-electron chi connectivity index (χ0n) is 18.4. The Bertz CT molecular complexity index is 1320. The summed E-state index contributed by atoms with van der Waals surface area (Å²) < 4.78 is 34.4. The zero-order chi connectivity index (χ0) is 24.2. The number of hydrogen-bond acceptors (Lipinski definition) is 5. The van der Waals surface area contributed by atoms with Gasteiger partial charge in [0, 0.05) is 39.2 Å². The van der Waals surface area contributed by atoms with E-state index in [2.05, 4.69) is 11.4 Å². The maximum Gasteiger partial charge on any atom is 0.263 e. The number of aromatic nitrogens is 1. The van der Waals surface area contributed by atoms with Crippen LogP contribution in [-0.2, 0) is 7.05 Å². The molecule has 1 amide bonds. The maximum atomic E-state index is 13.9. The SMILES string of the molecule is Cn1cccc(C(=O)Nc2cc(C#N)ccc2N2CCC(Oc3cccc(F)c3F)CC2)c1=O. The van der Waals surface area contributed by atoms with Crippen LogP contribution in [0.5, 0.6) is 5.75 Å². The summed E-state index contributed by atoms with van der Waals surface area (Å²) in [4.78, 5) is 27.2. The van der Waals surface area contributed by atoms with Crippen molar-refractivity contribution in [1.29, 1.82) is 5.26 Å². The van der Waals surface area contributed by atoms with Crippen LogP contribution in [0.2, 0.25) is 0 Å². The van der Waals surface area contributed by atoms with Crippen molar-refractivity contribution < 1.29 is 18.3 Å². The van der Waals surface area contributed by atoms with Crippen molar-refractivity contribution in [3.05, 3.63) is 87.8 Å². The van der Waals surface area contributed by atoms with Crippen molar-refractivity contribution in [2.24, 2.45) is 7.05 Å². The van der Waals surface area contributed by atoms with Gasteiger partial charge in [0.25, 0.3) is 11.5 Å². The molecule has 0 radical (unpaired) electrons. The van der Waals surface area contributed by atoms with Gasteiger partial charge in [-0.15, -0.1) is 0 Å². The van der Waals surface area contributed by atoms with E-state index in [1.165, 1.54) is 22.8 Å². The number of rotatable bonds is 5. The minimum atomic E-state index is -1.01. The first-order valence-corrected chi connectivity index (χ1v) is 10.7. The molecule has 3 aromatic rings. The summed E-state index contributed by atoms with van der Waals surface area (Å²) in [5.74, 6) is -2.65. The molecule has 34 heavy (non-hydrogen) atoms. The second-order valence-corrected chi connectivity index (χ2v) is 7.99. The standard InChI is InChI=1S/C25H22F2N4O3/c1-30-11-3-4-18(25(30)33)24(32)29-20-14-16(15-28)7-8-21(20)31-12-9-17(10-13-31)34-22-6-2-5-19(26)23(22)27/h2-8,11,14,17H,9-10,12-13H2,1H3,(H,29,32). The van der Waals surface area contributed by atoms with Crippen molar-refractivity contribution in [1.82, 2.24) is 4.57 Å². The highest BCUT2D eigenvalue weighted by Gasteiger charge is 2.25. The highest BCUT2D eigenvalue weighted by atomic mass is 19.2. The van der Waals surface area contributed by atoms with E-state index in [0.717, 1.165) is 6.07 Å². The van der Waals surface area contributed by atoms with Crippen LogP contribution in [0.25, 0.3) is 0 Å². The fourth-order valence-electron chi connectivity index (χ4n) is 3.91. The van der Waals surface area contributed by atoms with Gasteiger partial charge < -0.3 is 19.5 Å². The van der Waals surface area contributed by atoms with Gasteiger partial charge in [0.1, 0.15) is 11.7 Å². The molecule has 0 unspecified atom stereocenters. The van der Waals surface area contributed by atoms with E-state index in [4.69, 9.17) is 4.74 Å². The maximum absolute atomic E-state index is 13.9. The van der Waals surface area contributed by atoms with Gasteiger partial charge in [-0.05, 0) is 42.5 Å². The van der Waals surface area contributed by atoms with E-state index >= 15 is 0 Å². The lowest BCUT2D eigenvalue weighted by Gasteiger charge is -2.34. The summed E-state index contributed by atoms with van der Waals surface area (Å²) in [5.41, 5.74) is 1.02. The van der Waals surface area contributed by atoms with Crippen LogP contribution in [-0.4, -0.2) is 29.7 Å². The molecule has 1 fully saturated rings. The summed E-state index contributed by atoms with van der Waals surface area (Å²) in [6.07, 6.45) is 2.35. The normalized spacial score (nSPS) is 13.9. The zero-order valence-corrected chi connectivity index (χ0v) is 18.4. The van der Waals surface area contributed by atoms with Crippen LogP contribution in [0.15, 0.2) is 59.5 Å². The Labute approximate surface area is 194 Å². The molecule has 0 saturated carbocycles. The molecule has 4 rings (SSSR count). The molecular weight excluding hydrogens is 442 g/mol. The minimum Gasteiger partial charge on any atom is -0.487 e. The Balaban J connectivity index is 1.51. The van der Waals surface area contributed by atoms with Gasteiger partial charge in [-0.3, -0.25) is 9.59 Å². The number of benzene rings is 2. The summed E-state index contributed by atoms with van der Waals surface area (Å²) in [6.45, 7) is 1.06. The fraction of sp³-hybridized carbons (Fsp3) is 0.240. The molecule has 1 N–H and O–H groups in total. The number of aryl methyl sites for hydroxylation is 1. The number of nitrogens with one attached hydrogen (secondary N) is 1. The molecule has 9 heteroatoms. The van der Waals surface area contributed by atoms with Crippen molar-refractivity contribution in [3.8, 4) is 11.8 Å². The van der Waals surface area contributed by atoms with Crippen molar-refractivity contribution in [2.75, 3.05) is 23.3 Å². The molecule has 2 aromatic carbocycles. The lowest BCUT2D eigenvalue weighted by atomic mass is 10.1. The molecule has 1 aromatic heterocycles. The highest BCUT2D eigenvalue weighted by Crippen LogP contribution is 2.31. The molecule has 0 aliphatic carbocycles. The molecule has 1 saturated heterocycles. The molecule has 0 bridgehead atoms. The van der Waals surface area contributed by atoms with E-state index in [9.17, 15) is 23.6 Å². The number of carbonyl (C=O) groups is 1. The monoisotopic (exact) mass is 464 g/mol. The summed E-state index contributed by atoms with van der Waals surface area (Å²) in [6, 6.07) is 13.9. The molecule has 174 valence electrons. The van der Waals surface area contributed by atoms with E-state index in [-0.39, 0.29) is 17.4 Å². The van der Waals surface area contributed by atoms with Gasteiger partial charge in [0.2, 0.25) is 5.82 Å². The predicted octanol–water partition coefficient (Wildman–Crippen LogP) is 3.84. The van der Waals surface area contributed by atoms with Crippen LogP contribution in [0.4, 0.5) is 20.2 Å². The fourth-order valence-corrected chi connectivity index (χ4v) is 3.91. The van der Waals surface area contributed by atoms with Gasteiger partial charge in [0.05, 0.1) is 23.0 Å². The largest absolute Gasteiger partial charge is 0.487 e. The second-order valence-electron chi connectivity index (χ2n) is 7.99. The lowest BCUT2D eigenvalue weighted by Crippen LogP contribution is -2.39. The quantitative estimate of drug-likeness (QED) is 0.620. The average Bonchev–Trinajstić information content (AvgIpc) is 2.84. The Morgan fingerprint density at radius 2 is 1.91 bits per heavy atom. The first-order chi connectivity index (χ1) is 16.4. The van der Waals surface area contributed by atoms with E-state index in [0.29, 0.717) is 42.9 Å². The van der Waals surface area contributed by atoms with E-state index in [1.54, 1.807) is 37.5 Å². The number of anilines is 2. The van der Waals surface area contributed by atoms with Crippen molar-refractivity contribution >= 4 is 17.3 Å². The summed E-state index contributed by atoms with van der Waals surface area (Å²) >= 11 is 0. The van der Waals surface area contributed by atoms with Gasteiger partial charge in [-0.25, -0.2) is 4.39 Å². The Hall–Kier alpha value is -4.19. The van der Waals surface area contributed by atoms with Crippen LogP contribution in [0, 0.1) is 23.0 Å². The van der Waals surface area contributed by atoms with E-state index in [1.807, 2.05) is 4.90 Å². The third kappa shape index (κ3) is 4.76. The number of carbonyl (C=O) groups excluding carboxylic acids is 1. The average molecular weight is 464 g/mol. The van der Waals surface area contributed by atoms with Crippen LogP contribution < -0.4 is 20.5 Å². The smallest absolute Gasteiger partial charge is 0.263 e.